The first-order valence-electron chi connectivity index (χ1n) is 6.67. The van der Waals surface area contributed by atoms with Crippen LogP contribution in [0.15, 0.2) is 34.9 Å². The number of carbonyl (C=O) groups is 1. The molecule has 0 saturated heterocycles. The summed E-state index contributed by atoms with van der Waals surface area (Å²) in [6, 6.07) is 7.20. The van der Waals surface area contributed by atoms with Crippen LogP contribution in [-0.2, 0) is 6.54 Å². The van der Waals surface area contributed by atoms with Gasteiger partial charge in [0, 0.05) is 30.3 Å². The molecule has 0 amide bonds. The Morgan fingerprint density at radius 2 is 2.00 bits per heavy atom. The molecule has 0 radical (unpaired) electrons. The van der Waals surface area contributed by atoms with Gasteiger partial charge in [0.1, 0.15) is 0 Å². The summed E-state index contributed by atoms with van der Waals surface area (Å²) in [5.74, 6) is 0.308. The Morgan fingerprint density at radius 3 is 2.81 bits per heavy atom. The Bertz CT molecular complexity index is 649. The number of carboxylic acids is 1. The average Bonchev–Trinajstić information content (AvgIpc) is 2.83. The second-order valence-electron chi connectivity index (χ2n) is 4.65. The van der Waals surface area contributed by atoms with Crippen molar-refractivity contribution in [2.75, 3.05) is 18.5 Å². The summed E-state index contributed by atoms with van der Waals surface area (Å²) < 4.78 is 16.1. The van der Waals surface area contributed by atoms with E-state index < -0.39 is 5.97 Å². The molecule has 0 fully saturated rings. The first-order chi connectivity index (χ1) is 10.2. The summed E-state index contributed by atoms with van der Waals surface area (Å²) in [5.41, 5.74) is 1.42. The zero-order chi connectivity index (χ0) is 14.7. The summed E-state index contributed by atoms with van der Waals surface area (Å²) >= 11 is 0. The van der Waals surface area contributed by atoms with Gasteiger partial charge in [0.25, 0.3) is 0 Å². The van der Waals surface area contributed by atoms with Gasteiger partial charge in [-0.1, -0.05) is 0 Å². The fraction of sp³-hybridized carbons (Fsp3) is 0.267. The van der Waals surface area contributed by atoms with Crippen LogP contribution < -0.4 is 14.8 Å². The van der Waals surface area contributed by atoms with Crippen LogP contribution in [0.3, 0.4) is 0 Å². The van der Waals surface area contributed by atoms with Crippen molar-refractivity contribution in [3.63, 3.8) is 0 Å². The third kappa shape index (κ3) is 2.94. The quantitative estimate of drug-likeness (QED) is 0.900. The molecule has 1 aromatic carbocycles. The van der Waals surface area contributed by atoms with E-state index in [1.165, 1.54) is 6.26 Å². The fourth-order valence-electron chi connectivity index (χ4n) is 2.13. The van der Waals surface area contributed by atoms with Gasteiger partial charge in [-0.05, 0) is 18.2 Å². The fourth-order valence-corrected chi connectivity index (χ4v) is 2.13. The van der Waals surface area contributed by atoms with Crippen molar-refractivity contribution < 1.29 is 23.8 Å². The lowest BCUT2D eigenvalue weighted by atomic mass is 10.2. The lowest BCUT2D eigenvalue weighted by molar-refractivity contribution is 0.0661. The Balaban J connectivity index is 1.72. The summed E-state index contributed by atoms with van der Waals surface area (Å²) in [5, 5.41) is 12.1. The Morgan fingerprint density at radius 1 is 1.19 bits per heavy atom. The van der Waals surface area contributed by atoms with Gasteiger partial charge >= 0.3 is 5.97 Å². The van der Waals surface area contributed by atoms with Crippen LogP contribution in [0.2, 0.25) is 0 Å². The molecule has 110 valence electrons. The van der Waals surface area contributed by atoms with Crippen LogP contribution in [0.5, 0.6) is 11.5 Å². The third-order valence-corrected chi connectivity index (χ3v) is 3.17. The van der Waals surface area contributed by atoms with E-state index in [9.17, 15) is 4.79 Å². The summed E-state index contributed by atoms with van der Waals surface area (Å²) in [6.07, 6.45) is 2.23. The highest BCUT2D eigenvalue weighted by molar-refractivity contribution is 5.86. The number of nitrogens with one attached hydrogen (secondary N) is 1. The molecule has 2 aromatic rings. The van der Waals surface area contributed by atoms with Crippen molar-refractivity contribution in [3.05, 3.63) is 41.9 Å². The van der Waals surface area contributed by atoms with Crippen LogP contribution in [-0.4, -0.2) is 24.3 Å². The second-order valence-corrected chi connectivity index (χ2v) is 4.65. The lowest BCUT2D eigenvalue weighted by Gasteiger charge is -2.10. The molecule has 2 heterocycles. The molecule has 1 aromatic heterocycles. The maximum atomic E-state index is 11.0. The number of furan rings is 1. The molecule has 1 aliphatic rings. The summed E-state index contributed by atoms with van der Waals surface area (Å²) in [6.45, 7) is 1.63. The highest BCUT2D eigenvalue weighted by atomic mass is 16.5. The van der Waals surface area contributed by atoms with Crippen LogP contribution in [0.1, 0.15) is 22.5 Å². The van der Waals surface area contributed by atoms with Gasteiger partial charge < -0.3 is 24.3 Å². The maximum Gasteiger partial charge on any atom is 0.372 e. The number of anilines is 1. The SMILES string of the molecule is O=C(O)c1occc1CNc1ccc2c(c1)OCCCO2. The molecule has 0 aliphatic carbocycles. The van der Waals surface area contributed by atoms with Gasteiger partial charge in [-0.25, -0.2) is 4.79 Å². The van der Waals surface area contributed by atoms with Crippen molar-refractivity contribution >= 4 is 11.7 Å². The molecular weight excluding hydrogens is 274 g/mol. The predicted octanol–water partition coefficient (Wildman–Crippen LogP) is 2.75. The molecule has 6 heteroatoms. The topological polar surface area (TPSA) is 80.9 Å². The first kappa shape index (κ1) is 13.4. The zero-order valence-corrected chi connectivity index (χ0v) is 11.3. The van der Waals surface area contributed by atoms with Gasteiger partial charge in [0.15, 0.2) is 11.5 Å². The standard InChI is InChI=1S/C15H15NO5/c17-15(18)14-10(4-7-21-14)9-16-11-2-3-12-13(8-11)20-6-1-5-19-12/h2-4,7-8,16H,1,5-6,9H2,(H,17,18). The van der Waals surface area contributed by atoms with E-state index in [1.54, 1.807) is 6.07 Å². The molecule has 6 nitrogen and oxygen atoms in total. The Kier molecular flexibility index (Phi) is 3.68. The number of hydrogen-bond acceptors (Lipinski definition) is 5. The number of aromatic carboxylic acids is 1. The highest BCUT2D eigenvalue weighted by Gasteiger charge is 2.14. The van der Waals surface area contributed by atoms with Gasteiger partial charge in [-0.3, -0.25) is 0 Å². The van der Waals surface area contributed by atoms with Crippen LogP contribution in [0.25, 0.3) is 0 Å². The van der Waals surface area contributed by atoms with Crippen molar-refractivity contribution in [2.45, 2.75) is 13.0 Å². The molecule has 0 spiro atoms. The van der Waals surface area contributed by atoms with E-state index in [0.29, 0.717) is 31.1 Å². The van der Waals surface area contributed by atoms with E-state index in [4.69, 9.17) is 19.0 Å². The minimum atomic E-state index is -1.07. The molecule has 0 bridgehead atoms. The van der Waals surface area contributed by atoms with Crippen LogP contribution >= 0.6 is 0 Å². The summed E-state index contributed by atoms with van der Waals surface area (Å²) in [4.78, 5) is 11.0. The average molecular weight is 289 g/mol. The monoisotopic (exact) mass is 289 g/mol. The number of rotatable bonds is 4. The van der Waals surface area contributed by atoms with Gasteiger partial charge in [0.2, 0.25) is 5.76 Å². The van der Waals surface area contributed by atoms with Gasteiger partial charge in [-0.2, -0.15) is 0 Å². The third-order valence-electron chi connectivity index (χ3n) is 3.17. The number of ether oxygens (including phenoxy) is 2. The van der Waals surface area contributed by atoms with Crippen molar-refractivity contribution in [3.8, 4) is 11.5 Å². The van der Waals surface area contributed by atoms with E-state index >= 15 is 0 Å². The van der Waals surface area contributed by atoms with Crippen molar-refractivity contribution in [2.24, 2.45) is 0 Å². The molecule has 0 unspecified atom stereocenters. The van der Waals surface area contributed by atoms with Gasteiger partial charge in [-0.15, -0.1) is 0 Å². The second kappa shape index (κ2) is 5.78. The molecule has 21 heavy (non-hydrogen) atoms. The summed E-state index contributed by atoms with van der Waals surface area (Å²) in [7, 11) is 0. The molecular formula is C15H15NO5. The van der Waals surface area contributed by atoms with E-state index in [1.807, 2.05) is 18.2 Å². The number of fused-ring (bicyclic) bond motifs is 1. The Hall–Kier alpha value is -2.63. The van der Waals surface area contributed by atoms with Crippen molar-refractivity contribution in [1.29, 1.82) is 0 Å². The predicted molar refractivity (Wildman–Crippen MR) is 75.0 cm³/mol. The molecule has 0 atom stereocenters. The maximum absolute atomic E-state index is 11.0. The number of benzene rings is 1. The molecule has 2 N–H and O–H groups in total. The minimum absolute atomic E-state index is 0.0446. The molecule has 3 rings (SSSR count). The van der Waals surface area contributed by atoms with Crippen LogP contribution in [0.4, 0.5) is 5.69 Å². The number of carboxylic acid groups (broad SMARTS) is 1. The minimum Gasteiger partial charge on any atom is -0.490 e. The smallest absolute Gasteiger partial charge is 0.372 e. The largest absolute Gasteiger partial charge is 0.490 e. The highest BCUT2D eigenvalue weighted by Crippen LogP contribution is 2.32. The van der Waals surface area contributed by atoms with Crippen LogP contribution in [0, 0.1) is 0 Å². The van der Waals surface area contributed by atoms with Gasteiger partial charge in [0.05, 0.1) is 19.5 Å². The Labute approximate surface area is 121 Å². The molecule has 0 saturated carbocycles. The van der Waals surface area contributed by atoms with Crippen molar-refractivity contribution in [1.82, 2.24) is 0 Å². The zero-order valence-electron chi connectivity index (χ0n) is 11.3. The van der Waals surface area contributed by atoms with E-state index in [2.05, 4.69) is 5.32 Å². The van der Waals surface area contributed by atoms with E-state index in [-0.39, 0.29) is 5.76 Å². The number of hydrogen-bond donors (Lipinski definition) is 2. The normalized spacial score (nSPS) is 13.5. The first-order valence-corrected chi connectivity index (χ1v) is 6.67. The van der Waals surface area contributed by atoms with E-state index in [0.717, 1.165) is 17.9 Å². The molecule has 1 aliphatic heterocycles. The lowest BCUT2D eigenvalue weighted by Crippen LogP contribution is -2.05.